The summed E-state index contributed by atoms with van der Waals surface area (Å²) < 4.78 is 0.976. The van der Waals surface area contributed by atoms with Crippen molar-refractivity contribution in [2.75, 3.05) is 18.4 Å². The summed E-state index contributed by atoms with van der Waals surface area (Å²) in [6.45, 7) is 1.70. The van der Waals surface area contributed by atoms with Gasteiger partial charge in [0.25, 0.3) is 5.91 Å². The zero-order chi connectivity index (χ0) is 16.1. The molecule has 0 unspecified atom stereocenters. The number of pyridine rings is 1. The first-order chi connectivity index (χ1) is 11.2. The van der Waals surface area contributed by atoms with Crippen LogP contribution in [0.2, 0.25) is 0 Å². The Morgan fingerprint density at radius 1 is 1.09 bits per heavy atom. The van der Waals surface area contributed by atoms with Crippen LogP contribution in [-0.4, -0.2) is 28.9 Å². The fourth-order valence-corrected chi connectivity index (χ4v) is 3.18. The van der Waals surface area contributed by atoms with Crippen molar-refractivity contribution in [1.82, 2.24) is 9.88 Å². The minimum atomic E-state index is 0.0789. The summed E-state index contributed by atoms with van der Waals surface area (Å²) in [5.74, 6) is 0.0789. The van der Waals surface area contributed by atoms with E-state index >= 15 is 0 Å². The second-order valence-electron chi connectivity index (χ2n) is 5.77. The van der Waals surface area contributed by atoms with Gasteiger partial charge in [-0.25, -0.2) is 0 Å². The van der Waals surface area contributed by atoms with Gasteiger partial charge in [0.2, 0.25) is 0 Å². The maximum atomic E-state index is 12.7. The fourth-order valence-electron chi connectivity index (χ4n) is 2.80. The Balaban J connectivity index is 1.76. The number of hydrogen-bond acceptors (Lipinski definition) is 3. The van der Waals surface area contributed by atoms with Gasteiger partial charge in [-0.05, 0) is 47.0 Å². The predicted octanol–water partition coefficient (Wildman–Crippen LogP) is 4.60. The summed E-state index contributed by atoms with van der Waals surface area (Å²) in [6, 6.07) is 9.76. The average molecular weight is 374 g/mol. The monoisotopic (exact) mass is 373 g/mol. The Morgan fingerprint density at radius 3 is 2.57 bits per heavy atom. The van der Waals surface area contributed by atoms with Crippen LogP contribution in [0.5, 0.6) is 0 Å². The number of aromatic nitrogens is 1. The molecule has 3 rings (SSSR count). The third-order valence-electron chi connectivity index (χ3n) is 4.03. The molecule has 0 saturated carbocycles. The Labute approximate surface area is 145 Å². The third kappa shape index (κ3) is 4.10. The Morgan fingerprint density at radius 2 is 1.83 bits per heavy atom. The first-order valence-electron chi connectivity index (χ1n) is 8.00. The van der Waals surface area contributed by atoms with Crippen molar-refractivity contribution < 1.29 is 4.79 Å². The van der Waals surface area contributed by atoms with Crippen LogP contribution >= 0.6 is 15.9 Å². The number of benzene rings is 1. The van der Waals surface area contributed by atoms with Crippen molar-refractivity contribution in [3.05, 3.63) is 52.8 Å². The summed E-state index contributed by atoms with van der Waals surface area (Å²) in [5.41, 5.74) is 2.41. The molecule has 1 aliphatic heterocycles. The van der Waals surface area contributed by atoms with Gasteiger partial charge >= 0.3 is 0 Å². The van der Waals surface area contributed by atoms with E-state index in [-0.39, 0.29) is 5.91 Å². The van der Waals surface area contributed by atoms with E-state index in [1.54, 1.807) is 12.4 Å². The van der Waals surface area contributed by atoms with Crippen LogP contribution in [0, 0.1) is 0 Å². The van der Waals surface area contributed by atoms with Crippen LogP contribution in [0.15, 0.2) is 47.2 Å². The smallest absolute Gasteiger partial charge is 0.255 e. The van der Waals surface area contributed by atoms with E-state index in [1.165, 1.54) is 12.8 Å². The molecule has 2 aromatic rings. The van der Waals surface area contributed by atoms with Gasteiger partial charge in [-0.2, -0.15) is 0 Å². The molecule has 0 bridgehead atoms. The second kappa shape index (κ2) is 7.59. The highest BCUT2D eigenvalue weighted by molar-refractivity contribution is 9.10. The number of nitrogens with zero attached hydrogens (tertiary/aromatic N) is 2. The summed E-state index contributed by atoms with van der Waals surface area (Å²) >= 11 is 3.51. The summed E-state index contributed by atoms with van der Waals surface area (Å²) in [7, 11) is 0. The second-order valence-corrected chi connectivity index (χ2v) is 6.63. The number of carbonyl (C=O) groups is 1. The standard InChI is InChI=1S/C18H20BrN3O/c19-16-7-3-4-8-17(16)21-15-11-14(12-20-13-15)18(23)22-9-5-1-2-6-10-22/h3-4,7-8,11-13,21H,1-2,5-6,9-10H2. The molecule has 1 N–H and O–H groups in total. The van der Waals surface area contributed by atoms with Gasteiger partial charge in [-0.3, -0.25) is 9.78 Å². The summed E-state index contributed by atoms with van der Waals surface area (Å²) in [4.78, 5) is 18.8. The number of hydrogen-bond donors (Lipinski definition) is 1. The number of rotatable bonds is 3. The molecule has 1 saturated heterocycles. The molecule has 5 heteroatoms. The Hall–Kier alpha value is -1.88. The maximum Gasteiger partial charge on any atom is 0.255 e. The van der Waals surface area contributed by atoms with Gasteiger partial charge in [0.1, 0.15) is 0 Å². The highest BCUT2D eigenvalue weighted by Gasteiger charge is 2.17. The largest absolute Gasteiger partial charge is 0.353 e. The highest BCUT2D eigenvalue weighted by Crippen LogP contribution is 2.25. The van der Waals surface area contributed by atoms with Crippen molar-refractivity contribution in [2.24, 2.45) is 0 Å². The number of amides is 1. The van der Waals surface area contributed by atoms with E-state index in [4.69, 9.17) is 0 Å². The fraction of sp³-hybridized carbons (Fsp3) is 0.333. The van der Waals surface area contributed by atoms with E-state index in [1.807, 2.05) is 35.2 Å². The van der Waals surface area contributed by atoms with Gasteiger partial charge in [0.15, 0.2) is 0 Å². The minimum absolute atomic E-state index is 0.0789. The van der Waals surface area contributed by atoms with E-state index in [0.717, 1.165) is 41.8 Å². The molecule has 0 atom stereocenters. The average Bonchev–Trinajstić information content (AvgIpc) is 2.86. The van der Waals surface area contributed by atoms with Crippen molar-refractivity contribution >= 4 is 33.2 Å². The number of halogens is 1. The lowest BCUT2D eigenvalue weighted by Gasteiger charge is -2.20. The van der Waals surface area contributed by atoms with Crippen LogP contribution in [-0.2, 0) is 0 Å². The molecule has 1 amide bonds. The topological polar surface area (TPSA) is 45.2 Å². The van der Waals surface area contributed by atoms with Crippen LogP contribution in [0.25, 0.3) is 0 Å². The van der Waals surface area contributed by atoms with Gasteiger partial charge in [0, 0.05) is 23.8 Å². The van der Waals surface area contributed by atoms with Gasteiger partial charge in [-0.15, -0.1) is 0 Å². The molecule has 1 fully saturated rings. The van der Waals surface area contributed by atoms with Crippen LogP contribution in [0.3, 0.4) is 0 Å². The lowest BCUT2D eigenvalue weighted by atomic mass is 10.2. The molecule has 1 aromatic carbocycles. The number of para-hydroxylation sites is 1. The zero-order valence-electron chi connectivity index (χ0n) is 13.0. The van der Waals surface area contributed by atoms with Crippen LogP contribution < -0.4 is 5.32 Å². The lowest BCUT2D eigenvalue weighted by molar-refractivity contribution is 0.0761. The SMILES string of the molecule is O=C(c1cncc(Nc2ccccc2Br)c1)N1CCCCCC1. The number of nitrogens with one attached hydrogen (secondary N) is 1. The molecule has 120 valence electrons. The molecule has 0 aliphatic carbocycles. The predicted molar refractivity (Wildman–Crippen MR) is 96.0 cm³/mol. The maximum absolute atomic E-state index is 12.7. The molecule has 23 heavy (non-hydrogen) atoms. The van der Waals surface area contributed by atoms with E-state index in [9.17, 15) is 4.79 Å². The van der Waals surface area contributed by atoms with Crippen molar-refractivity contribution in [2.45, 2.75) is 25.7 Å². The molecular weight excluding hydrogens is 354 g/mol. The van der Waals surface area contributed by atoms with Crippen LogP contribution in [0.1, 0.15) is 36.0 Å². The van der Waals surface area contributed by atoms with Crippen molar-refractivity contribution in [3.63, 3.8) is 0 Å². The molecule has 0 spiro atoms. The lowest BCUT2D eigenvalue weighted by Crippen LogP contribution is -2.31. The van der Waals surface area contributed by atoms with Crippen LogP contribution in [0.4, 0.5) is 11.4 Å². The molecule has 2 heterocycles. The Bertz CT molecular complexity index is 681. The zero-order valence-corrected chi connectivity index (χ0v) is 14.6. The summed E-state index contributed by atoms with van der Waals surface area (Å²) in [6.07, 6.45) is 8.00. The minimum Gasteiger partial charge on any atom is -0.353 e. The molecule has 1 aromatic heterocycles. The van der Waals surface area contributed by atoms with Gasteiger partial charge in [-0.1, -0.05) is 25.0 Å². The van der Waals surface area contributed by atoms with E-state index < -0.39 is 0 Å². The highest BCUT2D eigenvalue weighted by atomic mass is 79.9. The van der Waals surface area contributed by atoms with Crippen molar-refractivity contribution in [1.29, 1.82) is 0 Å². The Kier molecular flexibility index (Phi) is 5.28. The molecule has 4 nitrogen and oxygen atoms in total. The van der Waals surface area contributed by atoms with E-state index in [2.05, 4.69) is 26.2 Å². The molecule has 1 aliphatic rings. The third-order valence-corrected chi connectivity index (χ3v) is 4.72. The normalized spacial score (nSPS) is 15.1. The number of likely N-dealkylation sites (tertiary alicyclic amines) is 1. The van der Waals surface area contributed by atoms with E-state index in [0.29, 0.717) is 5.56 Å². The first kappa shape index (κ1) is 16.0. The van der Waals surface area contributed by atoms with Gasteiger partial charge in [0.05, 0.1) is 23.1 Å². The summed E-state index contributed by atoms with van der Waals surface area (Å²) in [5, 5.41) is 3.30. The molecular formula is C18H20BrN3O. The molecule has 0 radical (unpaired) electrons. The number of carbonyl (C=O) groups excluding carboxylic acids is 1. The van der Waals surface area contributed by atoms with Crippen molar-refractivity contribution in [3.8, 4) is 0 Å². The quantitative estimate of drug-likeness (QED) is 0.854. The number of anilines is 2. The first-order valence-corrected chi connectivity index (χ1v) is 8.79. The van der Waals surface area contributed by atoms with Gasteiger partial charge < -0.3 is 10.2 Å².